The molecule has 0 amide bonds. The highest BCUT2D eigenvalue weighted by Gasteiger charge is 2.02. The van der Waals surface area contributed by atoms with Gasteiger partial charge in [-0.25, -0.2) is 4.98 Å². The number of nitrogens with one attached hydrogen (secondary N) is 2. The molecule has 0 aliphatic heterocycles. The monoisotopic (exact) mass is 302 g/mol. The van der Waals surface area contributed by atoms with Crippen molar-refractivity contribution in [2.75, 3.05) is 20.7 Å². The minimum absolute atomic E-state index is 0.582. The Kier molecular flexibility index (Phi) is 5.76. The second kappa shape index (κ2) is 8.02. The maximum Gasteiger partial charge on any atom is 0.191 e. The highest BCUT2D eigenvalue weighted by atomic mass is 16.5. The summed E-state index contributed by atoms with van der Waals surface area (Å²) in [6.07, 6.45) is 2.45. The Morgan fingerprint density at radius 3 is 2.64 bits per heavy atom. The van der Waals surface area contributed by atoms with Crippen LogP contribution >= 0.6 is 0 Å². The van der Waals surface area contributed by atoms with Crippen LogP contribution in [0.25, 0.3) is 0 Å². The molecule has 0 saturated carbocycles. The van der Waals surface area contributed by atoms with Gasteiger partial charge in [0.25, 0.3) is 0 Å². The molecule has 0 aliphatic rings. The topological polar surface area (TPSA) is 76.4 Å². The summed E-state index contributed by atoms with van der Waals surface area (Å²) in [6, 6.07) is 8.07. The van der Waals surface area contributed by atoms with Gasteiger partial charge in [-0.05, 0) is 24.1 Å². The number of nitrogens with zero attached hydrogens (tertiary/aromatic N) is 4. The predicted molar refractivity (Wildman–Crippen MR) is 85.9 cm³/mol. The molecule has 0 radical (unpaired) electrons. The molecule has 2 aromatic rings. The van der Waals surface area contributed by atoms with E-state index in [0.29, 0.717) is 6.54 Å². The van der Waals surface area contributed by atoms with Crippen molar-refractivity contribution in [3.63, 3.8) is 0 Å². The largest absolute Gasteiger partial charge is 0.497 e. The number of rotatable bonds is 6. The maximum atomic E-state index is 5.15. The molecule has 118 valence electrons. The molecule has 0 bridgehead atoms. The van der Waals surface area contributed by atoms with Crippen molar-refractivity contribution < 1.29 is 4.74 Å². The smallest absolute Gasteiger partial charge is 0.191 e. The molecule has 0 atom stereocenters. The van der Waals surface area contributed by atoms with E-state index >= 15 is 0 Å². The van der Waals surface area contributed by atoms with Crippen LogP contribution in [0.5, 0.6) is 5.75 Å². The average molecular weight is 302 g/mol. The zero-order chi connectivity index (χ0) is 15.8. The molecule has 1 heterocycles. The third-order valence-electron chi connectivity index (χ3n) is 3.31. The Bertz CT molecular complexity index is 605. The number of aryl methyl sites for hydroxylation is 1. The van der Waals surface area contributed by atoms with E-state index in [4.69, 9.17) is 4.74 Å². The zero-order valence-corrected chi connectivity index (χ0v) is 13.2. The summed E-state index contributed by atoms with van der Waals surface area (Å²) in [6.45, 7) is 1.38. The van der Waals surface area contributed by atoms with E-state index in [1.165, 1.54) is 11.9 Å². The van der Waals surface area contributed by atoms with Crippen molar-refractivity contribution in [2.24, 2.45) is 12.0 Å². The third kappa shape index (κ3) is 4.47. The lowest BCUT2D eigenvalue weighted by molar-refractivity contribution is 0.414. The highest BCUT2D eigenvalue weighted by molar-refractivity contribution is 5.79. The zero-order valence-electron chi connectivity index (χ0n) is 13.2. The SMILES string of the molecule is CN=C(NCCc1ccc(OC)cc1)NCc1ncnn1C. The summed E-state index contributed by atoms with van der Waals surface area (Å²) >= 11 is 0. The fourth-order valence-electron chi connectivity index (χ4n) is 1.98. The summed E-state index contributed by atoms with van der Waals surface area (Å²) in [4.78, 5) is 8.35. The normalized spacial score (nSPS) is 11.3. The maximum absolute atomic E-state index is 5.15. The molecule has 22 heavy (non-hydrogen) atoms. The predicted octanol–water partition coefficient (Wildman–Crippen LogP) is 0.731. The number of methoxy groups -OCH3 is 1. The van der Waals surface area contributed by atoms with Gasteiger partial charge in [-0.2, -0.15) is 5.10 Å². The Morgan fingerprint density at radius 2 is 2.05 bits per heavy atom. The quantitative estimate of drug-likeness (QED) is 0.608. The van der Waals surface area contributed by atoms with Crippen LogP contribution in [-0.4, -0.2) is 41.4 Å². The molecule has 1 aromatic carbocycles. The van der Waals surface area contributed by atoms with Gasteiger partial charge in [-0.15, -0.1) is 0 Å². The van der Waals surface area contributed by atoms with Gasteiger partial charge >= 0.3 is 0 Å². The third-order valence-corrected chi connectivity index (χ3v) is 3.31. The van der Waals surface area contributed by atoms with Gasteiger partial charge in [0, 0.05) is 20.6 Å². The molecular weight excluding hydrogens is 280 g/mol. The van der Waals surface area contributed by atoms with Crippen LogP contribution in [0.15, 0.2) is 35.6 Å². The first-order valence-corrected chi connectivity index (χ1v) is 7.13. The van der Waals surface area contributed by atoms with E-state index in [2.05, 4.69) is 37.8 Å². The van der Waals surface area contributed by atoms with E-state index < -0.39 is 0 Å². The number of benzene rings is 1. The van der Waals surface area contributed by atoms with E-state index in [-0.39, 0.29) is 0 Å². The van der Waals surface area contributed by atoms with Gasteiger partial charge < -0.3 is 15.4 Å². The summed E-state index contributed by atoms with van der Waals surface area (Å²) < 4.78 is 6.88. The lowest BCUT2D eigenvalue weighted by Gasteiger charge is -2.11. The molecule has 0 saturated heterocycles. The van der Waals surface area contributed by atoms with Crippen LogP contribution in [-0.2, 0) is 20.0 Å². The van der Waals surface area contributed by atoms with Crippen molar-refractivity contribution in [3.8, 4) is 5.75 Å². The molecule has 7 heteroatoms. The average Bonchev–Trinajstić information content (AvgIpc) is 2.96. The van der Waals surface area contributed by atoms with Crippen molar-refractivity contribution in [2.45, 2.75) is 13.0 Å². The van der Waals surface area contributed by atoms with E-state index in [9.17, 15) is 0 Å². The molecular formula is C15H22N6O. The van der Waals surface area contributed by atoms with Crippen LogP contribution in [0.4, 0.5) is 0 Å². The van der Waals surface area contributed by atoms with Gasteiger partial charge in [0.15, 0.2) is 5.96 Å². The molecule has 0 fully saturated rings. The Hall–Kier alpha value is -2.57. The van der Waals surface area contributed by atoms with Gasteiger partial charge in [0.1, 0.15) is 17.9 Å². The fourth-order valence-corrected chi connectivity index (χ4v) is 1.98. The van der Waals surface area contributed by atoms with Crippen LogP contribution in [0.3, 0.4) is 0 Å². The van der Waals surface area contributed by atoms with Gasteiger partial charge in [-0.1, -0.05) is 12.1 Å². The minimum atomic E-state index is 0.582. The second-order valence-corrected chi connectivity index (χ2v) is 4.75. The van der Waals surface area contributed by atoms with Crippen LogP contribution in [0.1, 0.15) is 11.4 Å². The highest BCUT2D eigenvalue weighted by Crippen LogP contribution is 2.11. The van der Waals surface area contributed by atoms with Gasteiger partial charge in [0.2, 0.25) is 0 Å². The van der Waals surface area contributed by atoms with Crippen molar-refractivity contribution >= 4 is 5.96 Å². The molecule has 7 nitrogen and oxygen atoms in total. The lowest BCUT2D eigenvalue weighted by atomic mass is 10.1. The first-order valence-electron chi connectivity index (χ1n) is 7.13. The summed E-state index contributed by atoms with van der Waals surface area (Å²) in [5, 5.41) is 10.5. The van der Waals surface area contributed by atoms with Gasteiger partial charge in [-0.3, -0.25) is 9.67 Å². The van der Waals surface area contributed by atoms with Crippen LogP contribution in [0.2, 0.25) is 0 Å². The fraction of sp³-hybridized carbons (Fsp3) is 0.400. The Balaban J connectivity index is 1.75. The molecule has 0 aliphatic carbocycles. The number of aromatic nitrogens is 3. The lowest BCUT2D eigenvalue weighted by Crippen LogP contribution is -2.38. The molecule has 1 aromatic heterocycles. The van der Waals surface area contributed by atoms with Crippen LogP contribution in [0, 0.1) is 0 Å². The van der Waals surface area contributed by atoms with E-state index in [1.807, 2.05) is 19.2 Å². The number of hydrogen-bond acceptors (Lipinski definition) is 4. The standard InChI is InChI=1S/C15H22N6O/c1-16-15(18-10-14-19-11-20-21(14)2)17-9-8-12-4-6-13(22-3)7-5-12/h4-7,11H,8-10H2,1-3H3,(H2,16,17,18). The van der Waals surface area contributed by atoms with Crippen molar-refractivity contribution in [1.82, 2.24) is 25.4 Å². The molecule has 0 unspecified atom stereocenters. The number of aliphatic imine (C=N–C) groups is 1. The number of hydrogen-bond donors (Lipinski definition) is 2. The molecule has 2 rings (SSSR count). The minimum Gasteiger partial charge on any atom is -0.497 e. The molecule has 2 N–H and O–H groups in total. The number of guanidine groups is 1. The van der Waals surface area contributed by atoms with E-state index in [1.54, 1.807) is 18.8 Å². The van der Waals surface area contributed by atoms with Gasteiger partial charge in [0.05, 0.1) is 13.7 Å². The van der Waals surface area contributed by atoms with Crippen LogP contribution < -0.4 is 15.4 Å². The molecule has 0 spiro atoms. The Morgan fingerprint density at radius 1 is 1.27 bits per heavy atom. The summed E-state index contributed by atoms with van der Waals surface area (Å²) in [5.41, 5.74) is 1.25. The first-order chi connectivity index (χ1) is 10.7. The second-order valence-electron chi connectivity index (χ2n) is 4.75. The summed E-state index contributed by atoms with van der Waals surface area (Å²) in [7, 11) is 5.28. The van der Waals surface area contributed by atoms with E-state index in [0.717, 1.165) is 30.5 Å². The van der Waals surface area contributed by atoms with Crippen molar-refractivity contribution in [3.05, 3.63) is 42.0 Å². The summed E-state index contributed by atoms with van der Waals surface area (Å²) in [5.74, 6) is 2.48. The van der Waals surface area contributed by atoms with Crippen molar-refractivity contribution in [1.29, 1.82) is 0 Å². The first kappa shape index (κ1) is 15.8. The number of ether oxygens (including phenoxy) is 1. The Labute approximate surface area is 130 Å².